The molecule has 0 radical (unpaired) electrons. The van der Waals surface area contributed by atoms with E-state index in [0.29, 0.717) is 13.1 Å². The molecule has 1 heterocycles. The normalized spacial score (nSPS) is 27.1. The van der Waals surface area contributed by atoms with Gasteiger partial charge in [0.25, 0.3) is 0 Å². The largest absolute Gasteiger partial charge is 0.351 e. The molecule has 0 unspecified atom stereocenters. The zero-order valence-electron chi connectivity index (χ0n) is 13.9. The Balaban J connectivity index is 1.97. The topological polar surface area (TPSA) is 66.5 Å². The zero-order chi connectivity index (χ0) is 16.2. The van der Waals surface area contributed by atoms with Crippen LogP contribution >= 0.6 is 0 Å². The number of hydrogen-bond acceptors (Lipinski definition) is 3. The van der Waals surface area contributed by atoms with Crippen LogP contribution in [0.25, 0.3) is 0 Å². The summed E-state index contributed by atoms with van der Waals surface area (Å²) in [6.07, 6.45) is 8.45. The van der Waals surface area contributed by atoms with Crippen LogP contribution < -0.4 is 5.32 Å². The first-order valence-corrected chi connectivity index (χ1v) is 10.3. The summed E-state index contributed by atoms with van der Waals surface area (Å²) in [6.45, 7) is 4.69. The average Bonchev–Trinajstić information content (AvgIpc) is 2.72. The summed E-state index contributed by atoms with van der Waals surface area (Å²) in [5, 5.41) is 3.23. The highest BCUT2D eigenvalue weighted by Crippen LogP contribution is 2.28. The standard InChI is InChI=1S/C16H30N2O3S/c1-3-22(20,21)18-12-8-9-14(13-18)15(19)17-16(2)10-6-4-5-7-11-16/h14H,3-13H2,1-2H3,(H,17,19)/t14-/m0/s1. The van der Waals surface area contributed by atoms with Gasteiger partial charge in [-0.2, -0.15) is 0 Å². The van der Waals surface area contributed by atoms with Crippen LogP contribution in [0.1, 0.15) is 65.2 Å². The lowest BCUT2D eigenvalue weighted by Gasteiger charge is -2.35. The third-order valence-electron chi connectivity index (χ3n) is 5.15. The Morgan fingerprint density at radius 1 is 1.18 bits per heavy atom. The maximum Gasteiger partial charge on any atom is 0.224 e. The summed E-state index contributed by atoms with van der Waals surface area (Å²) in [7, 11) is -3.19. The second-order valence-electron chi connectivity index (χ2n) is 7.06. The van der Waals surface area contributed by atoms with Crippen molar-refractivity contribution in [2.45, 2.75) is 70.8 Å². The molecule has 1 N–H and O–H groups in total. The van der Waals surface area contributed by atoms with Gasteiger partial charge in [-0.15, -0.1) is 0 Å². The van der Waals surface area contributed by atoms with Crippen molar-refractivity contribution in [1.29, 1.82) is 0 Å². The Kier molecular flexibility index (Phi) is 5.88. The van der Waals surface area contributed by atoms with E-state index in [1.54, 1.807) is 6.92 Å². The van der Waals surface area contributed by atoms with E-state index in [-0.39, 0.29) is 23.1 Å². The van der Waals surface area contributed by atoms with E-state index in [1.807, 2.05) is 0 Å². The van der Waals surface area contributed by atoms with E-state index in [1.165, 1.54) is 17.1 Å². The van der Waals surface area contributed by atoms with Gasteiger partial charge in [0, 0.05) is 18.6 Å². The van der Waals surface area contributed by atoms with Crippen LogP contribution in [0.2, 0.25) is 0 Å². The van der Waals surface area contributed by atoms with Gasteiger partial charge in [-0.25, -0.2) is 12.7 Å². The number of hydrogen-bond donors (Lipinski definition) is 1. The number of carbonyl (C=O) groups excluding carboxylic acids is 1. The highest BCUT2D eigenvalue weighted by Gasteiger charge is 2.34. The van der Waals surface area contributed by atoms with Crippen LogP contribution in [0.5, 0.6) is 0 Å². The van der Waals surface area contributed by atoms with Crippen LogP contribution in [0.4, 0.5) is 0 Å². The molecule has 6 heteroatoms. The number of rotatable bonds is 4. The van der Waals surface area contributed by atoms with Gasteiger partial charge in [-0.05, 0) is 39.5 Å². The molecule has 0 aromatic carbocycles. The SMILES string of the molecule is CCS(=O)(=O)N1CCC[C@H](C(=O)NC2(C)CCCCCC2)C1. The summed E-state index contributed by atoms with van der Waals surface area (Å²) in [5.41, 5.74) is -0.112. The van der Waals surface area contributed by atoms with Gasteiger partial charge < -0.3 is 5.32 Å². The van der Waals surface area contributed by atoms with Crippen LogP contribution in [0.3, 0.4) is 0 Å². The zero-order valence-corrected chi connectivity index (χ0v) is 14.8. The molecule has 2 fully saturated rings. The molecule has 1 saturated heterocycles. The minimum absolute atomic E-state index is 0.0420. The Labute approximate surface area is 134 Å². The van der Waals surface area contributed by atoms with Gasteiger partial charge in [0.05, 0.1) is 11.7 Å². The molecule has 0 bridgehead atoms. The quantitative estimate of drug-likeness (QED) is 0.804. The van der Waals surface area contributed by atoms with Gasteiger partial charge in [0.2, 0.25) is 15.9 Å². The smallest absolute Gasteiger partial charge is 0.224 e. The number of amides is 1. The van der Waals surface area contributed by atoms with Crippen molar-refractivity contribution in [3.63, 3.8) is 0 Å². The fourth-order valence-corrected chi connectivity index (χ4v) is 4.80. The van der Waals surface area contributed by atoms with E-state index >= 15 is 0 Å². The third kappa shape index (κ3) is 4.44. The Bertz CT molecular complexity index is 482. The number of piperidine rings is 1. The lowest BCUT2D eigenvalue weighted by molar-refractivity contribution is -0.128. The lowest BCUT2D eigenvalue weighted by atomic mass is 9.90. The molecule has 1 atom stereocenters. The van der Waals surface area contributed by atoms with Gasteiger partial charge in [0.15, 0.2) is 0 Å². The summed E-state index contributed by atoms with van der Waals surface area (Å²) in [6, 6.07) is 0. The van der Waals surface area contributed by atoms with E-state index in [2.05, 4.69) is 12.2 Å². The molecule has 1 saturated carbocycles. The van der Waals surface area contributed by atoms with Gasteiger partial charge >= 0.3 is 0 Å². The molecule has 1 amide bonds. The van der Waals surface area contributed by atoms with Gasteiger partial charge in [-0.1, -0.05) is 25.7 Å². The van der Waals surface area contributed by atoms with Gasteiger partial charge in [0.1, 0.15) is 0 Å². The van der Waals surface area contributed by atoms with E-state index in [9.17, 15) is 13.2 Å². The molecule has 128 valence electrons. The fraction of sp³-hybridized carbons (Fsp3) is 0.938. The Morgan fingerprint density at radius 3 is 2.41 bits per heavy atom. The van der Waals surface area contributed by atoms with Crippen LogP contribution in [-0.2, 0) is 14.8 Å². The number of carbonyl (C=O) groups is 1. The molecular formula is C16H30N2O3S. The predicted molar refractivity (Wildman–Crippen MR) is 88.0 cm³/mol. The summed E-state index contributed by atoms with van der Waals surface area (Å²) in [4.78, 5) is 12.6. The van der Waals surface area contributed by atoms with Crippen molar-refractivity contribution in [2.75, 3.05) is 18.8 Å². The van der Waals surface area contributed by atoms with Crippen LogP contribution in [0, 0.1) is 5.92 Å². The monoisotopic (exact) mass is 330 g/mol. The molecular weight excluding hydrogens is 300 g/mol. The Hall–Kier alpha value is -0.620. The molecule has 0 aromatic heterocycles. The van der Waals surface area contributed by atoms with Crippen molar-refractivity contribution in [2.24, 2.45) is 5.92 Å². The molecule has 2 rings (SSSR count). The minimum atomic E-state index is -3.19. The molecule has 1 aliphatic carbocycles. The lowest BCUT2D eigenvalue weighted by Crippen LogP contribution is -2.52. The number of nitrogens with zero attached hydrogens (tertiary/aromatic N) is 1. The summed E-state index contributed by atoms with van der Waals surface area (Å²) in [5.74, 6) is -0.0467. The molecule has 1 aliphatic heterocycles. The number of sulfonamides is 1. The van der Waals surface area contributed by atoms with Crippen LogP contribution in [0.15, 0.2) is 0 Å². The summed E-state index contributed by atoms with van der Waals surface area (Å²) >= 11 is 0. The van der Waals surface area contributed by atoms with Crippen molar-refractivity contribution in [3.8, 4) is 0 Å². The highest BCUT2D eigenvalue weighted by atomic mass is 32.2. The van der Waals surface area contributed by atoms with Crippen molar-refractivity contribution in [3.05, 3.63) is 0 Å². The molecule has 0 aromatic rings. The number of nitrogens with one attached hydrogen (secondary N) is 1. The van der Waals surface area contributed by atoms with Crippen molar-refractivity contribution >= 4 is 15.9 Å². The first-order chi connectivity index (χ1) is 10.4. The average molecular weight is 330 g/mol. The van der Waals surface area contributed by atoms with Crippen molar-refractivity contribution < 1.29 is 13.2 Å². The van der Waals surface area contributed by atoms with E-state index in [0.717, 1.165) is 38.5 Å². The highest BCUT2D eigenvalue weighted by molar-refractivity contribution is 7.89. The molecule has 2 aliphatic rings. The molecule has 0 spiro atoms. The molecule has 22 heavy (non-hydrogen) atoms. The fourth-order valence-electron chi connectivity index (χ4n) is 3.63. The van der Waals surface area contributed by atoms with Crippen LogP contribution in [-0.4, -0.2) is 43.0 Å². The maximum atomic E-state index is 12.6. The predicted octanol–water partition coefficient (Wildman–Crippen LogP) is 2.28. The first-order valence-electron chi connectivity index (χ1n) is 8.66. The van der Waals surface area contributed by atoms with E-state index in [4.69, 9.17) is 0 Å². The summed E-state index contributed by atoms with van der Waals surface area (Å²) < 4.78 is 25.5. The third-order valence-corrected chi connectivity index (χ3v) is 6.99. The Morgan fingerprint density at radius 2 is 1.82 bits per heavy atom. The second-order valence-corrected chi connectivity index (χ2v) is 9.32. The van der Waals surface area contributed by atoms with E-state index < -0.39 is 10.0 Å². The first kappa shape index (κ1) is 17.7. The van der Waals surface area contributed by atoms with Crippen molar-refractivity contribution in [1.82, 2.24) is 9.62 Å². The minimum Gasteiger partial charge on any atom is -0.351 e. The maximum absolute atomic E-state index is 12.6. The molecule has 5 nitrogen and oxygen atoms in total. The second kappa shape index (κ2) is 7.30. The van der Waals surface area contributed by atoms with Gasteiger partial charge in [-0.3, -0.25) is 4.79 Å².